The highest BCUT2D eigenvalue weighted by Gasteiger charge is 2.15. The predicted molar refractivity (Wildman–Crippen MR) is 85.9 cm³/mol. The van der Waals surface area contributed by atoms with Crippen LogP contribution >= 0.6 is 11.3 Å². The van der Waals surface area contributed by atoms with Crippen LogP contribution in [0.1, 0.15) is 22.4 Å². The number of benzene rings is 1. The Morgan fingerprint density at radius 3 is 2.71 bits per heavy atom. The molecule has 3 aromatic rings. The molecule has 1 aromatic carbocycles. The lowest BCUT2D eigenvalue weighted by molar-refractivity contribution is 0.563. The lowest BCUT2D eigenvalue weighted by atomic mass is 10.1. The number of nitrogens with one attached hydrogen (secondary N) is 1. The summed E-state index contributed by atoms with van der Waals surface area (Å²) in [5.74, 6) is 0. The van der Waals surface area contributed by atoms with Crippen molar-refractivity contribution in [2.75, 3.05) is 7.05 Å². The first-order valence-corrected chi connectivity index (χ1v) is 7.83. The van der Waals surface area contributed by atoms with Gasteiger partial charge in [0, 0.05) is 18.0 Å². The van der Waals surface area contributed by atoms with Crippen molar-refractivity contribution in [2.45, 2.75) is 19.4 Å². The normalized spacial score (nSPS) is 12.5. The molecule has 0 fully saturated rings. The number of thiazole rings is 1. The van der Waals surface area contributed by atoms with Gasteiger partial charge in [0.2, 0.25) is 0 Å². The highest BCUT2D eigenvalue weighted by Crippen LogP contribution is 2.19. The van der Waals surface area contributed by atoms with Crippen molar-refractivity contribution in [3.8, 4) is 5.69 Å². The summed E-state index contributed by atoms with van der Waals surface area (Å²) in [6.07, 6.45) is 2.86. The lowest BCUT2D eigenvalue weighted by Crippen LogP contribution is -2.19. The van der Waals surface area contributed by atoms with E-state index in [1.54, 1.807) is 11.3 Å². The van der Waals surface area contributed by atoms with Crippen molar-refractivity contribution in [2.24, 2.45) is 0 Å². The van der Waals surface area contributed by atoms with E-state index >= 15 is 0 Å². The van der Waals surface area contributed by atoms with Gasteiger partial charge in [0.25, 0.3) is 0 Å². The zero-order valence-corrected chi connectivity index (χ0v) is 13.0. The number of rotatable bonds is 5. The van der Waals surface area contributed by atoms with Crippen molar-refractivity contribution >= 4 is 11.3 Å². The molecular weight excluding hydrogens is 280 g/mol. The number of hydrogen-bond donors (Lipinski definition) is 1. The molecule has 1 N–H and O–H groups in total. The SMILES string of the molecule is CNC(Cc1csc(C)n1)c1ccn(-c2ccccc2)n1. The second kappa shape index (κ2) is 6.20. The maximum absolute atomic E-state index is 4.68. The molecular formula is C16H18N4S. The predicted octanol–water partition coefficient (Wildman–Crippen LogP) is 3.14. The van der Waals surface area contributed by atoms with Gasteiger partial charge in [-0.1, -0.05) is 18.2 Å². The monoisotopic (exact) mass is 298 g/mol. The fourth-order valence-electron chi connectivity index (χ4n) is 2.31. The number of hydrogen-bond acceptors (Lipinski definition) is 4. The molecule has 0 aliphatic heterocycles. The van der Waals surface area contributed by atoms with Crippen LogP contribution in [0.15, 0.2) is 48.0 Å². The Morgan fingerprint density at radius 1 is 1.24 bits per heavy atom. The average Bonchev–Trinajstić information content (AvgIpc) is 3.15. The standard InChI is InChI=1S/C16H18N4S/c1-12-18-13(11-21-12)10-16(17-2)15-8-9-20(19-15)14-6-4-3-5-7-14/h3-9,11,16-17H,10H2,1-2H3. The number of aryl methyl sites for hydroxylation is 1. The highest BCUT2D eigenvalue weighted by atomic mass is 32.1. The summed E-state index contributed by atoms with van der Waals surface area (Å²) in [5, 5.41) is 11.2. The maximum Gasteiger partial charge on any atom is 0.0897 e. The minimum atomic E-state index is 0.177. The molecule has 0 spiro atoms. The molecule has 21 heavy (non-hydrogen) atoms. The molecule has 0 aliphatic rings. The molecule has 0 saturated carbocycles. The summed E-state index contributed by atoms with van der Waals surface area (Å²) in [4.78, 5) is 4.53. The van der Waals surface area contributed by atoms with Crippen LogP contribution in [-0.4, -0.2) is 21.8 Å². The number of aromatic nitrogens is 3. The fraction of sp³-hybridized carbons (Fsp3) is 0.250. The van der Waals surface area contributed by atoms with Crippen molar-refractivity contribution in [3.05, 3.63) is 64.4 Å². The second-order valence-electron chi connectivity index (χ2n) is 4.92. The van der Waals surface area contributed by atoms with E-state index in [-0.39, 0.29) is 6.04 Å². The van der Waals surface area contributed by atoms with Crippen molar-refractivity contribution in [3.63, 3.8) is 0 Å². The Hall–Kier alpha value is -1.98. The molecule has 2 heterocycles. The van der Waals surface area contributed by atoms with E-state index < -0.39 is 0 Å². The molecule has 0 bridgehead atoms. The number of nitrogens with zero attached hydrogens (tertiary/aromatic N) is 3. The first-order chi connectivity index (χ1) is 10.3. The first-order valence-electron chi connectivity index (χ1n) is 6.95. The van der Waals surface area contributed by atoms with E-state index in [1.807, 2.05) is 43.0 Å². The van der Waals surface area contributed by atoms with Gasteiger partial charge >= 0.3 is 0 Å². The Bertz CT molecular complexity index is 702. The highest BCUT2D eigenvalue weighted by molar-refractivity contribution is 7.09. The molecule has 0 radical (unpaired) electrons. The summed E-state index contributed by atoms with van der Waals surface area (Å²) < 4.78 is 1.91. The first kappa shape index (κ1) is 14.0. The van der Waals surface area contributed by atoms with Gasteiger partial charge in [-0.05, 0) is 32.2 Å². The fourth-order valence-corrected chi connectivity index (χ4v) is 2.94. The van der Waals surface area contributed by atoms with Crippen LogP contribution in [0.3, 0.4) is 0 Å². The Morgan fingerprint density at radius 2 is 2.05 bits per heavy atom. The zero-order valence-electron chi connectivity index (χ0n) is 12.2. The van der Waals surface area contributed by atoms with Crippen molar-refractivity contribution < 1.29 is 0 Å². The van der Waals surface area contributed by atoms with Gasteiger partial charge in [-0.3, -0.25) is 0 Å². The van der Waals surface area contributed by atoms with Gasteiger partial charge in [-0.15, -0.1) is 11.3 Å². The molecule has 108 valence electrons. The third-order valence-corrected chi connectivity index (χ3v) is 4.24. The summed E-state index contributed by atoms with van der Waals surface area (Å²) in [6.45, 7) is 2.03. The van der Waals surface area contributed by atoms with E-state index in [9.17, 15) is 0 Å². The van der Waals surface area contributed by atoms with Gasteiger partial charge in [0.15, 0.2) is 0 Å². The molecule has 1 unspecified atom stereocenters. The van der Waals surface area contributed by atoms with Gasteiger partial charge in [-0.25, -0.2) is 9.67 Å². The summed E-state index contributed by atoms with van der Waals surface area (Å²) >= 11 is 1.69. The minimum absolute atomic E-state index is 0.177. The van der Waals surface area contributed by atoms with E-state index in [4.69, 9.17) is 0 Å². The zero-order chi connectivity index (χ0) is 14.7. The third-order valence-electron chi connectivity index (χ3n) is 3.42. The van der Waals surface area contributed by atoms with E-state index in [1.165, 1.54) is 0 Å². The topological polar surface area (TPSA) is 42.7 Å². The number of para-hydroxylation sites is 1. The third kappa shape index (κ3) is 3.20. The van der Waals surface area contributed by atoms with E-state index in [0.717, 1.165) is 28.5 Å². The Kier molecular flexibility index (Phi) is 4.13. The van der Waals surface area contributed by atoms with E-state index in [0.29, 0.717) is 0 Å². The Balaban J connectivity index is 1.80. The molecule has 0 saturated heterocycles. The smallest absolute Gasteiger partial charge is 0.0897 e. The molecule has 3 rings (SSSR count). The van der Waals surface area contributed by atoms with E-state index in [2.05, 4.69) is 39.0 Å². The molecule has 5 heteroatoms. The molecule has 4 nitrogen and oxygen atoms in total. The van der Waals surface area contributed by atoms with Gasteiger partial charge < -0.3 is 5.32 Å². The average molecular weight is 298 g/mol. The summed E-state index contributed by atoms with van der Waals surface area (Å²) in [6, 6.07) is 12.4. The van der Waals surface area contributed by atoms with Gasteiger partial charge in [0.1, 0.15) is 0 Å². The summed E-state index contributed by atoms with van der Waals surface area (Å²) in [7, 11) is 1.96. The van der Waals surface area contributed by atoms with Crippen molar-refractivity contribution in [1.82, 2.24) is 20.1 Å². The van der Waals surface area contributed by atoms with Gasteiger partial charge in [0.05, 0.1) is 28.1 Å². The van der Waals surface area contributed by atoms with Crippen LogP contribution in [0, 0.1) is 6.92 Å². The lowest BCUT2D eigenvalue weighted by Gasteiger charge is -2.12. The second-order valence-corrected chi connectivity index (χ2v) is 5.99. The van der Waals surface area contributed by atoms with Crippen LogP contribution in [-0.2, 0) is 6.42 Å². The van der Waals surface area contributed by atoms with Crippen LogP contribution < -0.4 is 5.32 Å². The quantitative estimate of drug-likeness (QED) is 0.787. The molecule has 0 aliphatic carbocycles. The van der Waals surface area contributed by atoms with Crippen molar-refractivity contribution in [1.29, 1.82) is 0 Å². The molecule has 1 atom stereocenters. The van der Waals surface area contributed by atoms with Crippen LogP contribution in [0.25, 0.3) is 5.69 Å². The summed E-state index contributed by atoms with van der Waals surface area (Å²) in [5.41, 5.74) is 3.22. The van der Waals surface area contributed by atoms with Crippen LogP contribution in [0.2, 0.25) is 0 Å². The molecule has 2 aromatic heterocycles. The largest absolute Gasteiger partial charge is 0.311 e. The Labute approximate surface area is 128 Å². The maximum atomic E-state index is 4.68. The minimum Gasteiger partial charge on any atom is -0.311 e. The number of likely N-dealkylation sites (N-methyl/N-ethyl adjacent to an activating group) is 1. The van der Waals surface area contributed by atoms with Gasteiger partial charge in [-0.2, -0.15) is 5.10 Å². The van der Waals surface area contributed by atoms with Crippen LogP contribution in [0.5, 0.6) is 0 Å². The molecule has 0 amide bonds. The van der Waals surface area contributed by atoms with Crippen LogP contribution in [0.4, 0.5) is 0 Å².